The molecule has 2 aromatic rings. The van der Waals surface area contributed by atoms with Crippen LogP contribution in [0, 0.1) is 0 Å². The quantitative estimate of drug-likeness (QED) is 0.876. The van der Waals surface area contributed by atoms with E-state index in [1.807, 2.05) is 0 Å². The van der Waals surface area contributed by atoms with Gasteiger partial charge in [-0.15, -0.1) is 0 Å². The Bertz CT molecular complexity index is 606. The van der Waals surface area contributed by atoms with Crippen molar-refractivity contribution >= 4 is 5.97 Å². The Morgan fingerprint density at radius 3 is 2.24 bits per heavy atom. The van der Waals surface area contributed by atoms with Crippen LogP contribution < -0.4 is 5.32 Å². The van der Waals surface area contributed by atoms with Crippen molar-refractivity contribution in [2.45, 2.75) is 18.9 Å². The third-order valence-corrected chi connectivity index (χ3v) is 4.02. The molecule has 3 nitrogen and oxygen atoms in total. The molecule has 0 fully saturated rings. The van der Waals surface area contributed by atoms with Gasteiger partial charge < -0.3 is 10.1 Å². The monoisotopic (exact) mass is 281 g/mol. The standard InChI is InChI=1S/C18H19NO2/c1-21-17(20)10-11-19-18-15-8-4-2-6-13(15)12-14-7-3-5-9-16(14)18/h2-9,18-19H,10-12H2,1H3. The van der Waals surface area contributed by atoms with Crippen molar-refractivity contribution in [3.8, 4) is 0 Å². The van der Waals surface area contributed by atoms with E-state index >= 15 is 0 Å². The van der Waals surface area contributed by atoms with Gasteiger partial charge >= 0.3 is 5.97 Å². The number of benzene rings is 2. The zero-order valence-corrected chi connectivity index (χ0v) is 12.1. The van der Waals surface area contributed by atoms with Gasteiger partial charge in [0.25, 0.3) is 0 Å². The predicted octanol–water partition coefficient (Wildman–Crippen LogP) is 2.83. The molecule has 0 atom stereocenters. The number of nitrogens with one attached hydrogen (secondary N) is 1. The van der Waals surface area contributed by atoms with Crippen LogP contribution in [0.5, 0.6) is 0 Å². The highest BCUT2D eigenvalue weighted by atomic mass is 16.5. The third kappa shape index (κ3) is 2.83. The summed E-state index contributed by atoms with van der Waals surface area (Å²) < 4.78 is 4.70. The highest BCUT2D eigenvalue weighted by molar-refractivity contribution is 5.69. The molecule has 1 aliphatic carbocycles. The highest BCUT2D eigenvalue weighted by Crippen LogP contribution is 2.34. The Morgan fingerprint density at radius 2 is 1.67 bits per heavy atom. The van der Waals surface area contributed by atoms with Gasteiger partial charge in [-0.25, -0.2) is 0 Å². The lowest BCUT2D eigenvalue weighted by Gasteiger charge is -2.29. The van der Waals surface area contributed by atoms with Gasteiger partial charge in [-0.3, -0.25) is 4.79 Å². The van der Waals surface area contributed by atoms with Gasteiger partial charge in [0, 0.05) is 6.54 Å². The molecule has 2 aromatic carbocycles. The number of carbonyl (C=O) groups is 1. The van der Waals surface area contributed by atoms with E-state index in [2.05, 4.69) is 53.8 Å². The Kier molecular flexibility index (Phi) is 4.02. The van der Waals surface area contributed by atoms with Gasteiger partial charge in [0.1, 0.15) is 0 Å². The number of ether oxygens (including phenoxy) is 1. The van der Waals surface area contributed by atoms with Gasteiger partial charge in [-0.05, 0) is 28.7 Å². The van der Waals surface area contributed by atoms with E-state index in [-0.39, 0.29) is 12.0 Å². The van der Waals surface area contributed by atoms with Crippen molar-refractivity contribution < 1.29 is 9.53 Å². The van der Waals surface area contributed by atoms with E-state index < -0.39 is 0 Å². The highest BCUT2D eigenvalue weighted by Gasteiger charge is 2.24. The largest absolute Gasteiger partial charge is 0.469 e. The molecule has 0 saturated carbocycles. The lowest BCUT2D eigenvalue weighted by atomic mass is 9.82. The summed E-state index contributed by atoms with van der Waals surface area (Å²) in [5.74, 6) is -0.181. The molecule has 1 aliphatic rings. The lowest BCUT2D eigenvalue weighted by molar-refractivity contribution is -0.140. The summed E-state index contributed by atoms with van der Waals surface area (Å²) in [7, 11) is 1.42. The molecular formula is C18H19NO2. The molecule has 3 heteroatoms. The first kappa shape index (κ1) is 13.8. The molecule has 0 aromatic heterocycles. The molecule has 0 spiro atoms. The molecular weight excluding hydrogens is 262 g/mol. The number of fused-ring (bicyclic) bond motifs is 2. The van der Waals surface area contributed by atoms with E-state index in [0.717, 1.165) is 6.42 Å². The Balaban J connectivity index is 1.86. The molecule has 0 unspecified atom stereocenters. The fraction of sp³-hybridized carbons (Fsp3) is 0.278. The number of carbonyl (C=O) groups excluding carboxylic acids is 1. The fourth-order valence-electron chi connectivity index (χ4n) is 2.97. The number of methoxy groups -OCH3 is 1. The maximum absolute atomic E-state index is 11.3. The first-order valence-corrected chi connectivity index (χ1v) is 7.25. The van der Waals surface area contributed by atoms with E-state index in [4.69, 9.17) is 4.74 Å². The summed E-state index contributed by atoms with van der Waals surface area (Å²) in [6, 6.07) is 17.2. The summed E-state index contributed by atoms with van der Waals surface area (Å²) >= 11 is 0. The topological polar surface area (TPSA) is 38.3 Å². The van der Waals surface area contributed by atoms with Gasteiger partial charge in [0.05, 0.1) is 19.6 Å². The molecule has 0 bridgehead atoms. The maximum Gasteiger partial charge on any atom is 0.306 e. The van der Waals surface area contributed by atoms with Gasteiger partial charge in [0.15, 0.2) is 0 Å². The average molecular weight is 281 g/mol. The molecule has 0 aliphatic heterocycles. The molecule has 0 radical (unpaired) electrons. The Labute approximate surface area is 124 Å². The van der Waals surface area contributed by atoms with Crippen LogP contribution in [0.1, 0.15) is 34.7 Å². The second-order valence-electron chi connectivity index (χ2n) is 5.29. The van der Waals surface area contributed by atoms with E-state index in [1.165, 1.54) is 29.4 Å². The first-order chi connectivity index (χ1) is 10.3. The van der Waals surface area contributed by atoms with Crippen molar-refractivity contribution in [3.63, 3.8) is 0 Å². The smallest absolute Gasteiger partial charge is 0.306 e. The van der Waals surface area contributed by atoms with Crippen LogP contribution in [-0.2, 0) is 16.0 Å². The van der Waals surface area contributed by atoms with E-state index in [0.29, 0.717) is 13.0 Å². The minimum absolute atomic E-state index is 0.149. The van der Waals surface area contributed by atoms with Crippen LogP contribution >= 0.6 is 0 Å². The number of esters is 1. The molecule has 1 N–H and O–H groups in total. The van der Waals surface area contributed by atoms with Crippen LogP contribution in [0.25, 0.3) is 0 Å². The summed E-state index contributed by atoms with van der Waals surface area (Å²) in [4.78, 5) is 11.3. The summed E-state index contributed by atoms with van der Waals surface area (Å²) in [5.41, 5.74) is 5.32. The Morgan fingerprint density at radius 1 is 1.10 bits per heavy atom. The van der Waals surface area contributed by atoms with E-state index in [9.17, 15) is 4.79 Å². The Hall–Kier alpha value is -2.13. The van der Waals surface area contributed by atoms with Crippen LogP contribution in [0.4, 0.5) is 0 Å². The van der Waals surface area contributed by atoms with Crippen molar-refractivity contribution in [1.82, 2.24) is 5.32 Å². The van der Waals surface area contributed by atoms with Gasteiger partial charge in [-0.1, -0.05) is 48.5 Å². The van der Waals surface area contributed by atoms with Crippen LogP contribution in [0.15, 0.2) is 48.5 Å². The molecule has 0 amide bonds. The summed E-state index contributed by atoms with van der Waals surface area (Å²) in [6.45, 7) is 0.611. The molecule has 21 heavy (non-hydrogen) atoms. The predicted molar refractivity (Wildman–Crippen MR) is 82.2 cm³/mol. The average Bonchev–Trinajstić information content (AvgIpc) is 2.54. The zero-order chi connectivity index (χ0) is 14.7. The van der Waals surface area contributed by atoms with Crippen molar-refractivity contribution in [1.29, 1.82) is 0 Å². The summed E-state index contributed by atoms with van der Waals surface area (Å²) in [6.07, 6.45) is 1.36. The van der Waals surface area contributed by atoms with Crippen LogP contribution in [-0.4, -0.2) is 19.6 Å². The molecule has 3 rings (SSSR count). The molecule has 0 saturated heterocycles. The minimum Gasteiger partial charge on any atom is -0.469 e. The van der Waals surface area contributed by atoms with Crippen molar-refractivity contribution in [2.75, 3.05) is 13.7 Å². The van der Waals surface area contributed by atoms with Gasteiger partial charge in [-0.2, -0.15) is 0 Å². The fourth-order valence-corrected chi connectivity index (χ4v) is 2.97. The molecule has 0 heterocycles. The second kappa shape index (κ2) is 6.10. The third-order valence-electron chi connectivity index (χ3n) is 4.02. The van der Waals surface area contributed by atoms with Crippen LogP contribution in [0.2, 0.25) is 0 Å². The lowest BCUT2D eigenvalue weighted by Crippen LogP contribution is -2.29. The number of hydrogen-bond donors (Lipinski definition) is 1. The zero-order valence-electron chi connectivity index (χ0n) is 12.1. The normalized spacial score (nSPS) is 13.4. The SMILES string of the molecule is COC(=O)CCNC1c2ccccc2Cc2ccccc21. The van der Waals surface area contributed by atoms with Gasteiger partial charge in [0.2, 0.25) is 0 Å². The second-order valence-corrected chi connectivity index (χ2v) is 5.29. The maximum atomic E-state index is 11.3. The van der Waals surface area contributed by atoms with Crippen molar-refractivity contribution in [2.24, 2.45) is 0 Å². The number of hydrogen-bond acceptors (Lipinski definition) is 3. The first-order valence-electron chi connectivity index (χ1n) is 7.25. The minimum atomic E-state index is -0.181. The van der Waals surface area contributed by atoms with Crippen LogP contribution in [0.3, 0.4) is 0 Å². The summed E-state index contributed by atoms with van der Waals surface area (Å²) in [5, 5.41) is 3.50. The number of rotatable bonds is 4. The van der Waals surface area contributed by atoms with E-state index in [1.54, 1.807) is 0 Å². The van der Waals surface area contributed by atoms with Crippen molar-refractivity contribution in [3.05, 3.63) is 70.8 Å². The molecule has 108 valence electrons.